The molecule has 0 aromatic carbocycles. The summed E-state index contributed by atoms with van der Waals surface area (Å²) >= 11 is 0. The van der Waals surface area contributed by atoms with E-state index in [2.05, 4.69) is 4.98 Å². The topological polar surface area (TPSA) is 70.4 Å². The van der Waals surface area contributed by atoms with E-state index in [1.54, 1.807) is 18.3 Å². The largest absolute Gasteiger partial charge is 0.479 e. The fraction of sp³-hybridized carbons (Fsp3) is 0.400. The summed E-state index contributed by atoms with van der Waals surface area (Å²) in [5.74, 6) is -1.19. The number of aliphatic hydroxyl groups is 1. The average Bonchev–Trinajstić information content (AvgIpc) is 2.18. The Balaban J connectivity index is 2.55. The number of aryl methyl sites for hydroxylation is 1. The molecule has 0 bridgehead atoms. The van der Waals surface area contributed by atoms with E-state index in [9.17, 15) is 9.90 Å². The van der Waals surface area contributed by atoms with E-state index < -0.39 is 11.6 Å². The molecule has 0 radical (unpaired) electrons. The monoisotopic (exact) mass is 193 g/mol. The first kappa shape index (κ1) is 9.15. The van der Waals surface area contributed by atoms with Gasteiger partial charge >= 0.3 is 5.97 Å². The van der Waals surface area contributed by atoms with Gasteiger partial charge in [-0.15, -0.1) is 0 Å². The number of aliphatic carboxylic acids is 1. The van der Waals surface area contributed by atoms with Gasteiger partial charge in [-0.05, 0) is 25.3 Å². The van der Waals surface area contributed by atoms with E-state index in [1.165, 1.54) is 0 Å². The van der Waals surface area contributed by atoms with Crippen LogP contribution in [0.5, 0.6) is 0 Å². The van der Waals surface area contributed by atoms with Gasteiger partial charge in [0.15, 0.2) is 5.60 Å². The van der Waals surface area contributed by atoms with Crippen molar-refractivity contribution in [3.63, 3.8) is 0 Å². The molecular weight excluding hydrogens is 182 g/mol. The summed E-state index contributed by atoms with van der Waals surface area (Å²) in [6.07, 6.45) is 3.28. The van der Waals surface area contributed by atoms with Crippen LogP contribution in [0.1, 0.15) is 24.1 Å². The lowest BCUT2D eigenvalue weighted by Gasteiger charge is -2.29. The molecule has 1 aliphatic rings. The molecule has 1 atom stereocenters. The first-order valence-corrected chi connectivity index (χ1v) is 4.55. The Labute approximate surface area is 81.2 Å². The third kappa shape index (κ3) is 1.19. The van der Waals surface area contributed by atoms with Crippen LogP contribution in [0.15, 0.2) is 18.3 Å². The second-order valence-corrected chi connectivity index (χ2v) is 3.52. The fourth-order valence-electron chi connectivity index (χ4n) is 1.88. The number of carboxylic acids is 1. The quantitative estimate of drug-likeness (QED) is 0.688. The first-order chi connectivity index (χ1) is 6.64. The normalized spacial score (nSPS) is 25.5. The first-order valence-electron chi connectivity index (χ1n) is 4.55. The van der Waals surface area contributed by atoms with Crippen molar-refractivity contribution in [1.82, 2.24) is 4.98 Å². The zero-order valence-electron chi connectivity index (χ0n) is 7.60. The fourth-order valence-corrected chi connectivity index (χ4v) is 1.88. The van der Waals surface area contributed by atoms with E-state index in [-0.39, 0.29) is 6.42 Å². The highest BCUT2D eigenvalue weighted by Crippen LogP contribution is 2.34. The van der Waals surface area contributed by atoms with Gasteiger partial charge in [-0.25, -0.2) is 4.79 Å². The minimum atomic E-state index is -1.73. The van der Waals surface area contributed by atoms with Gasteiger partial charge in [0.1, 0.15) is 0 Å². The second kappa shape index (κ2) is 3.06. The number of fused-ring (bicyclic) bond motifs is 1. The third-order valence-corrected chi connectivity index (χ3v) is 2.64. The number of rotatable bonds is 1. The van der Waals surface area contributed by atoms with Crippen molar-refractivity contribution in [3.05, 3.63) is 29.6 Å². The number of carbonyl (C=O) groups is 1. The molecule has 2 rings (SSSR count). The number of aromatic nitrogens is 1. The highest BCUT2D eigenvalue weighted by molar-refractivity contribution is 5.79. The molecule has 1 aromatic heterocycles. The van der Waals surface area contributed by atoms with Crippen molar-refractivity contribution < 1.29 is 15.0 Å². The van der Waals surface area contributed by atoms with Crippen molar-refractivity contribution in [2.45, 2.75) is 24.9 Å². The molecule has 14 heavy (non-hydrogen) atoms. The molecule has 0 aliphatic heterocycles. The molecule has 0 unspecified atom stereocenters. The van der Waals surface area contributed by atoms with Gasteiger partial charge in [0.05, 0.1) is 0 Å². The SMILES string of the molecule is O=C(O)[C@@]1(O)CCCc2ncccc21. The van der Waals surface area contributed by atoms with Crippen molar-refractivity contribution in [3.8, 4) is 0 Å². The smallest absolute Gasteiger partial charge is 0.340 e. The van der Waals surface area contributed by atoms with Gasteiger partial charge in [-0.1, -0.05) is 6.07 Å². The molecule has 1 heterocycles. The summed E-state index contributed by atoms with van der Waals surface area (Å²) in [6, 6.07) is 3.29. The number of pyridine rings is 1. The molecule has 4 heteroatoms. The van der Waals surface area contributed by atoms with Crippen molar-refractivity contribution in [2.24, 2.45) is 0 Å². The van der Waals surface area contributed by atoms with Gasteiger partial charge in [0.2, 0.25) is 0 Å². The van der Waals surface area contributed by atoms with Gasteiger partial charge < -0.3 is 10.2 Å². The van der Waals surface area contributed by atoms with Crippen LogP contribution in [0.25, 0.3) is 0 Å². The van der Waals surface area contributed by atoms with Crippen LogP contribution < -0.4 is 0 Å². The Morgan fingerprint density at radius 1 is 1.57 bits per heavy atom. The average molecular weight is 193 g/mol. The maximum atomic E-state index is 11.0. The number of hydrogen-bond acceptors (Lipinski definition) is 3. The van der Waals surface area contributed by atoms with Gasteiger partial charge in [-0.2, -0.15) is 0 Å². The molecule has 4 nitrogen and oxygen atoms in total. The van der Waals surface area contributed by atoms with E-state index in [1.807, 2.05) is 0 Å². The van der Waals surface area contributed by atoms with Gasteiger partial charge in [0.25, 0.3) is 0 Å². The minimum Gasteiger partial charge on any atom is -0.479 e. The van der Waals surface area contributed by atoms with Crippen LogP contribution in [0, 0.1) is 0 Å². The molecule has 0 amide bonds. The maximum absolute atomic E-state index is 11.0. The highest BCUT2D eigenvalue weighted by atomic mass is 16.4. The lowest BCUT2D eigenvalue weighted by molar-refractivity contribution is -0.161. The van der Waals surface area contributed by atoms with Crippen LogP contribution >= 0.6 is 0 Å². The summed E-state index contributed by atoms with van der Waals surface area (Å²) in [5, 5.41) is 18.9. The minimum absolute atomic E-state index is 0.265. The predicted molar refractivity (Wildman–Crippen MR) is 48.7 cm³/mol. The van der Waals surface area contributed by atoms with Crippen LogP contribution in [0.2, 0.25) is 0 Å². The predicted octanol–water partition coefficient (Wildman–Crippen LogP) is 0.690. The molecule has 1 aromatic rings. The molecule has 0 saturated heterocycles. The molecular formula is C10H11NO3. The van der Waals surface area contributed by atoms with Crippen molar-refractivity contribution in [2.75, 3.05) is 0 Å². The van der Waals surface area contributed by atoms with Gasteiger partial charge in [-0.3, -0.25) is 4.98 Å². The summed E-state index contributed by atoms with van der Waals surface area (Å²) in [5.41, 5.74) is -0.593. The maximum Gasteiger partial charge on any atom is 0.340 e. The molecule has 1 aliphatic carbocycles. The van der Waals surface area contributed by atoms with Crippen molar-refractivity contribution >= 4 is 5.97 Å². The summed E-state index contributed by atoms with van der Waals surface area (Å²) in [7, 11) is 0. The van der Waals surface area contributed by atoms with Crippen LogP contribution in [-0.2, 0) is 16.8 Å². The zero-order chi connectivity index (χ0) is 10.2. The number of hydrogen-bond donors (Lipinski definition) is 2. The molecule has 0 fully saturated rings. The summed E-state index contributed by atoms with van der Waals surface area (Å²) < 4.78 is 0. The highest BCUT2D eigenvalue weighted by Gasteiger charge is 2.41. The number of carboxylic acid groups (broad SMARTS) is 1. The summed E-state index contributed by atoms with van der Waals surface area (Å²) in [6.45, 7) is 0. The molecule has 0 saturated carbocycles. The second-order valence-electron chi connectivity index (χ2n) is 3.52. The number of nitrogens with zero attached hydrogens (tertiary/aromatic N) is 1. The van der Waals surface area contributed by atoms with E-state index in [4.69, 9.17) is 5.11 Å². The van der Waals surface area contributed by atoms with Gasteiger partial charge in [0, 0.05) is 17.5 Å². The van der Waals surface area contributed by atoms with Crippen LogP contribution in [-0.4, -0.2) is 21.2 Å². The Hall–Kier alpha value is -1.42. The molecule has 2 N–H and O–H groups in total. The lowest BCUT2D eigenvalue weighted by Crippen LogP contribution is -2.39. The van der Waals surface area contributed by atoms with Crippen LogP contribution in [0.3, 0.4) is 0 Å². The lowest BCUT2D eigenvalue weighted by atomic mass is 9.82. The van der Waals surface area contributed by atoms with Crippen molar-refractivity contribution in [1.29, 1.82) is 0 Å². The Kier molecular flexibility index (Phi) is 2.00. The van der Waals surface area contributed by atoms with Crippen LogP contribution in [0.4, 0.5) is 0 Å². The van der Waals surface area contributed by atoms with E-state index in [0.29, 0.717) is 17.7 Å². The third-order valence-electron chi connectivity index (χ3n) is 2.64. The Morgan fingerprint density at radius 3 is 3.07 bits per heavy atom. The van der Waals surface area contributed by atoms with E-state index >= 15 is 0 Å². The Morgan fingerprint density at radius 2 is 2.36 bits per heavy atom. The molecule has 0 spiro atoms. The molecule has 74 valence electrons. The Bertz CT molecular complexity index is 377. The zero-order valence-corrected chi connectivity index (χ0v) is 7.60. The standard InChI is InChI=1S/C10H11NO3/c12-9(13)10(14)5-1-4-8-7(10)3-2-6-11-8/h2-3,6,14H,1,4-5H2,(H,12,13)/t10-/m1/s1. The summed E-state index contributed by atoms with van der Waals surface area (Å²) in [4.78, 5) is 15.0. The van der Waals surface area contributed by atoms with E-state index in [0.717, 1.165) is 6.42 Å².